The van der Waals surface area contributed by atoms with Crippen LogP contribution in [0.5, 0.6) is 0 Å². The van der Waals surface area contributed by atoms with Gasteiger partial charge in [0.15, 0.2) is 5.82 Å². The molecule has 1 fully saturated rings. The summed E-state index contributed by atoms with van der Waals surface area (Å²) in [6, 6.07) is 6.71. The van der Waals surface area contributed by atoms with Gasteiger partial charge in [-0.25, -0.2) is 14.4 Å². The summed E-state index contributed by atoms with van der Waals surface area (Å²) in [5, 5.41) is 4.62. The molecule has 4 rings (SSSR count). The van der Waals surface area contributed by atoms with Crippen molar-refractivity contribution in [1.29, 1.82) is 0 Å². The highest BCUT2D eigenvalue weighted by Crippen LogP contribution is 2.28. The molecule has 26 heavy (non-hydrogen) atoms. The van der Waals surface area contributed by atoms with Gasteiger partial charge in [-0.15, -0.1) is 0 Å². The predicted molar refractivity (Wildman–Crippen MR) is 101 cm³/mol. The highest BCUT2D eigenvalue weighted by atomic mass is 19.1. The average molecular weight is 354 g/mol. The molecule has 0 radical (unpaired) electrons. The van der Waals surface area contributed by atoms with Crippen LogP contribution in [0.1, 0.15) is 18.4 Å². The van der Waals surface area contributed by atoms with Crippen molar-refractivity contribution in [3.05, 3.63) is 41.6 Å². The molecule has 1 aliphatic rings. The van der Waals surface area contributed by atoms with Gasteiger partial charge in [0, 0.05) is 38.4 Å². The molecule has 3 aromatic rings. The quantitative estimate of drug-likeness (QED) is 0.724. The molecule has 7 heteroatoms. The van der Waals surface area contributed by atoms with E-state index in [1.54, 1.807) is 0 Å². The highest BCUT2D eigenvalue weighted by Gasteiger charge is 2.23. The normalized spacial score (nSPS) is 15.1. The number of anilines is 2. The second kappa shape index (κ2) is 6.55. The van der Waals surface area contributed by atoms with Crippen molar-refractivity contribution in [2.75, 3.05) is 36.0 Å². The third-order valence-corrected chi connectivity index (χ3v) is 4.92. The minimum Gasteiger partial charge on any atom is -0.368 e. The molecule has 1 aliphatic heterocycles. The monoisotopic (exact) mass is 354 g/mol. The van der Waals surface area contributed by atoms with Gasteiger partial charge >= 0.3 is 0 Å². The Hall–Kier alpha value is -2.70. The average Bonchev–Trinajstić information content (AvgIpc) is 2.98. The van der Waals surface area contributed by atoms with Crippen molar-refractivity contribution in [2.45, 2.75) is 27.3 Å². The summed E-state index contributed by atoms with van der Waals surface area (Å²) in [7, 11) is 0. The third-order valence-electron chi connectivity index (χ3n) is 4.92. The minimum absolute atomic E-state index is 0.200. The van der Waals surface area contributed by atoms with Crippen LogP contribution in [-0.2, 0) is 6.54 Å². The molecule has 0 N–H and O–H groups in total. The zero-order valence-corrected chi connectivity index (χ0v) is 15.4. The van der Waals surface area contributed by atoms with E-state index in [4.69, 9.17) is 4.98 Å². The van der Waals surface area contributed by atoms with E-state index >= 15 is 0 Å². The Labute approximate surface area is 152 Å². The number of rotatable bonds is 3. The number of fused-ring (bicyclic) bond motifs is 1. The summed E-state index contributed by atoms with van der Waals surface area (Å²) in [5.41, 5.74) is 3.96. The van der Waals surface area contributed by atoms with E-state index in [1.807, 2.05) is 30.7 Å². The van der Waals surface area contributed by atoms with Gasteiger partial charge in [-0.1, -0.05) is 0 Å². The van der Waals surface area contributed by atoms with E-state index in [2.05, 4.69) is 26.8 Å². The van der Waals surface area contributed by atoms with E-state index in [1.165, 1.54) is 12.1 Å². The fourth-order valence-corrected chi connectivity index (χ4v) is 3.60. The number of hydrogen-bond acceptors (Lipinski definition) is 5. The second-order valence-corrected chi connectivity index (χ2v) is 6.64. The Bertz CT molecular complexity index is 925. The van der Waals surface area contributed by atoms with E-state index in [0.717, 1.165) is 66.8 Å². The van der Waals surface area contributed by atoms with Gasteiger partial charge in [0.25, 0.3) is 0 Å². The standard InChI is InChI=1S/C19H23FN6/c1-4-26-18-17(13(2)23-26)21-14(3)22-19(18)25-11-9-24(10-12-25)16-7-5-15(20)6-8-16/h5-8H,4,9-12H2,1-3H3. The number of benzene rings is 1. The summed E-state index contributed by atoms with van der Waals surface area (Å²) in [6.07, 6.45) is 0. The summed E-state index contributed by atoms with van der Waals surface area (Å²) in [5.74, 6) is 1.54. The van der Waals surface area contributed by atoms with Crippen LogP contribution in [0.15, 0.2) is 24.3 Å². The summed E-state index contributed by atoms with van der Waals surface area (Å²) in [6.45, 7) is 10.3. The first-order chi connectivity index (χ1) is 12.6. The van der Waals surface area contributed by atoms with Crippen LogP contribution in [0.25, 0.3) is 11.0 Å². The van der Waals surface area contributed by atoms with Crippen LogP contribution in [0.4, 0.5) is 15.9 Å². The Morgan fingerprint density at radius 2 is 1.62 bits per heavy atom. The van der Waals surface area contributed by atoms with E-state index in [-0.39, 0.29) is 5.82 Å². The summed E-state index contributed by atoms with van der Waals surface area (Å²) < 4.78 is 15.1. The highest BCUT2D eigenvalue weighted by molar-refractivity contribution is 5.88. The van der Waals surface area contributed by atoms with Crippen LogP contribution in [-0.4, -0.2) is 45.9 Å². The van der Waals surface area contributed by atoms with Crippen molar-refractivity contribution in [1.82, 2.24) is 19.7 Å². The molecule has 0 atom stereocenters. The lowest BCUT2D eigenvalue weighted by molar-refractivity contribution is 0.623. The molecule has 0 aliphatic carbocycles. The molecule has 0 unspecified atom stereocenters. The van der Waals surface area contributed by atoms with E-state index < -0.39 is 0 Å². The van der Waals surface area contributed by atoms with Crippen molar-refractivity contribution in [3.8, 4) is 0 Å². The Kier molecular flexibility index (Phi) is 4.22. The van der Waals surface area contributed by atoms with Crippen molar-refractivity contribution >= 4 is 22.5 Å². The van der Waals surface area contributed by atoms with Gasteiger partial charge < -0.3 is 9.80 Å². The van der Waals surface area contributed by atoms with Gasteiger partial charge in [0.2, 0.25) is 0 Å². The second-order valence-electron chi connectivity index (χ2n) is 6.64. The van der Waals surface area contributed by atoms with Gasteiger partial charge in [-0.2, -0.15) is 5.10 Å². The zero-order valence-electron chi connectivity index (χ0n) is 15.4. The Morgan fingerprint density at radius 1 is 0.962 bits per heavy atom. The van der Waals surface area contributed by atoms with Crippen molar-refractivity contribution in [3.63, 3.8) is 0 Å². The molecule has 0 saturated carbocycles. The molecule has 3 heterocycles. The SMILES string of the molecule is CCn1nc(C)c2nc(C)nc(N3CCN(c4ccc(F)cc4)CC3)c21. The van der Waals surface area contributed by atoms with E-state index in [9.17, 15) is 4.39 Å². The first kappa shape index (κ1) is 16.8. The zero-order chi connectivity index (χ0) is 18.3. The smallest absolute Gasteiger partial charge is 0.158 e. The lowest BCUT2D eigenvalue weighted by Gasteiger charge is -2.37. The minimum atomic E-state index is -0.200. The molecule has 6 nitrogen and oxygen atoms in total. The van der Waals surface area contributed by atoms with Crippen LogP contribution in [0.3, 0.4) is 0 Å². The van der Waals surface area contributed by atoms with Gasteiger partial charge in [0.05, 0.1) is 5.69 Å². The molecule has 1 aromatic carbocycles. The molecular formula is C19H23FN6. The lowest BCUT2D eigenvalue weighted by atomic mass is 10.2. The number of nitrogens with zero attached hydrogens (tertiary/aromatic N) is 6. The molecule has 2 aromatic heterocycles. The van der Waals surface area contributed by atoms with Gasteiger partial charge in [-0.05, 0) is 45.0 Å². The van der Waals surface area contributed by atoms with Crippen LogP contribution in [0.2, 0.25) is 0 Å². The molecule has 136 valence electrons. The number of aromatic nitrogens is 4. The number of piperazine rings is 1. The number of hydrogen-bond donors (Lipinski definition) is 0. The van der Waals surface area contributed by atoms with Crippen molar-refractivity contribution in [2.24, 2.45) is 0 Å². The van der Waals surface area contributed by atoms with Crippen LogP contribution in [0, 0.1) is 19.7 Å². The third kappa shape index (κ3) is 2.87. The maximum Gasteiger partial charge on any atom is 0.158 e. The van der Waals surface area contributed by atoms with Crippen LogP contribution < -0.4 is 9.80 Å². The fraction of sp³-hybridized carbons (Fsp3) is 0.421. The largest absolute Gasteiger partial charge is 0.368 e. The first-order valence-electron chi connectivity index (χ1n) is 9.04. The molecule has 0 spiro atoms. The fourth-order valence-electron chi connectivity index (χ4n) is 3.60. The van der Waals surface area contributed by atoms with E-state index in [0.29, 0.717) is 0 Å². The molecular weight excluding hydrogens is 331 g/mol. The Balaban J connectivity index is 1.62. The number of aryl methyl sites for hydroxylation is 3. The lowest BCUT2D eigenvalue weighted by Crippen LogP contribution is -2.47. The topological polar surface area (TPSA) is 50.1 Å². The maximum atomic E-state index is 13.1. The maximum absolute atomic E-state index is 13.1. The molecule has 0 amide bonds. The van der Waals surface area contributed by atoms with Crippen molar-refractivity contribution < 1.29 is 4.39 Å². The first-order valence-corrected chi connectivity index (χ1v) is 9.04. The number of halogens is 1. The Morgan fingerprint density at radius 3 is 2.27 bits per heavy atom. The van der Waals surface area contributed by atoms with Gasteiger partial charge in [-0.3, -0.25) is 4.68 Å². The molecule has 1 saturated heterocycles. The van der Waals surface area contributed by atoms with Crippen LogP contribution >= 0.6 is 0 Å². The summed E-state index contributed by atoms with van der Waals surface area (Å²) in [4.78, 5) is 13.9. The predicted octanol–water partition coefficient (Wildman–Crippen LogP) is 2.93. The molecule has 0 bridgehead atoms. The van der Waals surface area contributed by atoms with Gasteiger partial charge in [0.1, 0.15) is 22.7 Å². The summed E-state index contributed by atoms with van der Waals surface area (Å²) >= 11 is 0.